The second-order valence-corrected chi connectivity index (χ2v) is 6.65. The fraction of sp³-hybridized carbons (Fsp3) is 0.778. The summed E-state index contributed by atoms with van der Waals surface area (Å²) in [6, 6.07) is 0. The molecule has 0 aromatic carbocycles. The molecule has 0 radical (unpaired) electrons. The van der Waals surface area contributed by atoms with Gasteiger partial charge >= 0.3 is 36.1 Å². The minimum Gasteiger partial charge on any atom is -0.459 e. The van der Waals surface area contributed by atoms with Crippen molar-refractivity contribution in [1.82, 2.24) is 0 Å². The van der Waals surface area contributed by atoms with Crippen molar-refractivity contribution in [2.24, 2.45) is 5.92 Å². The van der Waals surface area contributed by atoms with Crippen molar-refractivity contribution in [2.75, 3.05) is 6.61 Å². The predicted octanol–water partition coefficient (Wildman–Crippen LogP) is 4.85. The summed E-state index contributed by atoms with van der Waals surface area (Å²) in [5, 5.41) is 0. The number of esters is 2. The summed E-state index contributed by atoms with van der Waals surface area (Å²) in [4.78, 5) is 23.1. The molecule has 0 aliphatic rings. The number of hydrogen-bond acceptors (Lipinski definition) is 4. The van der Waals surface area contributed by atoms with Gasteiger partial charge in [0, 0.05) is 6.42 Å². The van der Waals surface area contributed by atoms with Crippen LogP contribution in [0.2, 0.25) is 0 Å². The van der Waals surface area contributed by atoms with Gasteiger partial charge in [0.25, 0.3) is 0 Å². The van der Waals surface area contributed by atoms with Gasteiger partial charge in [-0.3, -0.25) is 9.59 Å². The van der Waals surface area contributed by atoms with Gasteiger partial charge in [0.15, 0.2) is 12.7 Å². The van der Waals surface area contributed by atoms with Crippen LogP contribution in [0.4, 0.5) is 35.1 Å². The van der Waals surface area contributed by atoms with E-state index < -0.39 is 61.7 Å². The molecule has 0 rings (SSSR count). The number of halogens is 8. The molecule has 12 heteroatoms. The quantitative estimate of drug-likeness (QED) is 0.255. The second kappa shape index (κ2) is 11.4. The fourth-order valence-corrected chi connectivity index (χ4v) is 1.92. The maximum absolute atomic E-state index is 13.3. The van der Waals surface area contributed by atoms with Crippen LogP contribution in [0.3, 0.4) is 0 Å². The topological polar surface area (TPSA) is 52.6 Å². The van der Waals surface area contributed by atoms with Gasteiger partial charge in [-0.2, -0.15) is 26.3 Å². The summed E-state index contributed by atoms with van der Waals surface area (Å²) in [5.41, 5.74) is 0. The molecule has 0 saturated carbocycles. The van der Waals surface area contributed by atoms with Crippen molar-refractivity contribution >= 4 is 11.9 Å². The van der Waals surface area contributed by atoms with Gasteiger partial charge in [-0.05, 0) is 12.3 Å². The number of ether oxygens (including phenoxy) is 2. The van der Waals surface area contributed by atoms with Crippen molar-refractivity contribution in [3.63, 3.8) is 0 Å². The first-order chi connectivity index (χ1) is 13.6. The Kier molecular flexibility index (Phi) is 10.6. The lowest BCUT2D eigenvalue weighted by atomic mass is 10.1. The van der Waals surface area contributed by atoms with E-state index in [2.05, 4.69) is 16.6 Å². The summed E-state index contributed by atoms with van der Waals surface area (Å²) < 4.78 is 111. The van der Waals surface area contributed by atoms with Gasteiger partial charge in [-0.25, -0.2) is 8.78 Å². The van der Waals surface area contributed by atoms with Crippen LogP contribution in [0.25, 0.3) is 0 Å². The van der Waals surface area contributed by atoms with Gasteiger partial charge in [-0.15, -0.1) is 0 Å². The van der Waals surface area contributed by atoms with Crippen LogP contribution in [0.1, 0.15) is 46.5 Å². The summed E-state index contributed by atoms with van der Waals surface area (Å²) in [6.45, 7) is 2.85. The van der Waals surface area contributed by atoms with Gasteiger partial charge in [0.05, 0.1) is 12.8 Å². The van der Waals surface area contributed by atoms with E-state index in [-0.39, 0.29) is 5.92 Å². The van der Waals surface area contributed by atoms with E-state index in [1.807, 2.05) is 13.8 Å². The Hall–Kier alpha value is -2.06. The Balaban J connectivity index is 4.75. The lowest BCUT2D eigenvalue weighted by molar-refractivity contribution is -0.344. The van der Waals surface area contributed by atoms with Crippen LogP contribution in [0.15, 0.2) is 0 Å². The molecule has 174 valence electrons. The molecule has 0 amide bonds. The van der Waals surface area contributed by atoms with E-state index in [0.717, 1.165) is 0 Å². The van der Waals surface area contributed by atoms with Crippen LogP contribution in [-0.4, -0.2) is 48.8 Å². The summed E-state index contributed by atoms with van der Waals surface area (Å²) in [6.07, 6.45) is -6.56. The zero-order valence-electron chi connectivity index (χ0n) is 16.4. The first-order valence-corrected chi connectivity index (χ1v) is 8.83. The second-order valence-electron chi connectivity index (χ2n) is 6.65. The standard InChI is InChI=1S/C18H22F8O4/c1-4-5-6-12(9-11(2)3)30-14(28)8-7-13(27)29-10-16(21,22)18(25,26)17(23,24)15(19)20/h11-12,15H,4,7-10H2,1-3H3. The van der Waals surface area contributed by atoms with E-state index in [1.165, 1.54) is 0 Å². The number of alkyl halides is 8. The molecule has 0 spiro atoms. The van der Waals surface area contributed by atoms with Crippen LogP contribution in [-0.2, 0) is 19.1 Å². The van der Waals surface area contributed by atoms with E-state index in [0.29, 0.717) is 12.8 Å². The highest BCUT2D eigenvalue weighted by atomic mass is 19.4. The largest absolute Gasteiger partial charge is 0.459 e. The minimum atomic E-state index is -6.48. The van der Waals surface area contributed by atoms with Crippen LogP contribution >= 0.6 is 0 Å². The maximum Gasteiger partial charge on any atom is 0.381 e. The number of carbonyl (C=O) groups is 2. The molecule has 0 aliphatic heterocycles. The third-order valence-electron chi connectivity index (χ3n) is 3.50. The molecular formula is C18H22F8O4. The van der Waals surface area contributed by atoms with Crippen molar-refractivity contribution in [1.29, 1.82) is 0 Å². The molecule has 0 bridgehead atoms. The van der Waals surface area contributed by atoms with E-state index in [4.69, 9.17) is 4.74 Å². The first kappa shape index (κ1) is 27.9. The van der Waals surface area contributed by atoms with Crippen LogP contribution in [0.5, 0.6) is 0 Å². The molecule has 0 aromatic heterocycles. The average Bonchev–Trinajstić information content (AvgIpc) is 2.61. The maximum atomic E-state index is 13.3. The lowest BCUT2D eigenvalue weighted by Gasteiger charge is -2.31. The van der Waals surface area contributed by atoms with E-state index in [1.54, 1.807) is 6.92 Å². The van der Waals surface area contributed by atoms with Crippen LogP contribution in [0, 0.1) is 17.8 Å². The molecule has 4 nitrogen and oxygen atoms in total. The normalized spacial score (nSPS) is 13.6. The van der Waals surface area contributed by atoms with Crippen molar-refractivity contribution in [3.8, 4) is 11.8 Å². The molecule has 1 unspecified atom stereocenters. The Morgan fingerprint density at radius 2 is 1.50 bits per heavy atom. The Morgan fingerprint density at radius 3 is 1.97 bits per heavy atom. The molecular weight excluding hydrogens is 432 g/mol. The smallest absolute Gasteiger partial charge is 0.381 e. The van der Waals surface area contributed by atoms with E-state index >= 15 is 0 Å². The predicted molar refractivity (Wildman–Crippen MR) is 88.4 cm³/mol. The molecule has 0 aliphatic carbocycles. The van der Waals surface area contributed by atoms with Gasteiger partial charge in [-0.1, -0.05) is 32.6 Å². The van der Waals surface area contributed by atoms with Crippen molar-refractivity contribution < 1.29 is 54.2 Å². The lowest BCUT2D eigenvalue weighted by Crippen LogP contribution is -2.59. The van der Waals surface area contributed by atoms with Gasteiger partial charge < -0.3 is 9.47 Å². The van der Waals surface area contributed by atoms with Crippen molar-refractivity contribution in [2.45, 2.75) is 76.8 Å². The minimum absolute atomic E-state index is 0.106. The number of hydrogen-bond donors (Lipinski definition) is 0. The highest BCUT2D eigenvalue weighted by molar-refractivity contribution is 5.77. The summed E-state index contributed by atoms with van der Waals surface area (Å²) in [7, 11) is 0. The Morgan fingerprint density at radius 1 is 0.967 bits per heavy atom. The molecule has 0 N–H and O–H groups in total. The van der Waals surface area contributed by atoms with E-state index in [9.17, 15) is 44.7 Å². The fourth-order valence-electron chi connectivity index (χ4n) is 1.92. The number of carbonyl (C=O) groups excluding carboxylic acids is 2. The molecule has 1 atom stereocenters. The molecule has 0 fully saturated rings. The third kappa shape index (κ3) is 7.99. The zero-order chi connectivity index (χ0) is 23.8. The van der Waals surface area contributed by atoms with Crippen molar-refractivity contribution in [3.05, 3.63) is 0 Å². The molecule has 0 saturated heterocycles. The first-order valence-electron chi connectivity index (χ1n) is 8.83. The third-order valence-corrected chi connectivity index (χ3v) is 3.50. The Bertz CT molecular complexity index is 638. The number of rotatable bonds is 11. The van der Waals surface area contributed by atoms with Gasteiger partial charge in [0.1, 0.15) is 0 Å². The molecule has 0 aromatic rings. The molecule has 0 heterocycles. The van der Waals surface area contributed by atoms with Crippen LogP contribution < -0.4 is 0 Å². The zero-order valence-corrected chi connectivity index (χ0v) is 16.4. The summed E-state index contributed by atoms with van der Waals surface area (Å²) >= 11 is 0. The Labute approximate surface area is 168 Å². The highest BCUT2D eigenvalue weighted by Crippen LogP contribution is 2.48. The average molecular weight is 454 g/mol. The highest BCUT2D eigenvalue weighted by Gasteiger charge is 2.75. The SMILES string of the molecule is CCC#CC(CC(C)C)OC(=O)CCC(=O)OCC(F)(F)C(F)(F)C(F)(F)C(F)F. The van der Waals surface area contributed by atoms with Gasteiger partial charge in [0.2, 0.25) is 0 Å². The monoisotopic (exact) mass is 454 g/mol. The summed E-state index contributed by atoms with van der Waals surface area (Å²) in [5.74, 6) is -15.7. The molecule has 30 heavy (non-hydrogen) atoms.